The molecule has 4 nitrogen and oxygen atoms in total. The fourth-order valence-corrected chi connectivity index (χ4v) is 3.02. The fourth-order valence-electron chi connectivity index (χ4n) is 3.02. The normalized spacial score (nSPS) is 15.1. The second-order valence-corrected chi connectivity index (χ2v) is 6.74. The first-order valence-electron chi connectivity index (χ1n) is 8.49. The molecular formula is C21H21NO3. The van der Waals surface area contributed by atoms with Crippen molar-refractivity contribution < 1.29 is 14.0 Å². The van der Waals surface area contributed by atoms with Crippen LogP contribution in [0, 0.1) is 0 Å². The van der Waals surface area contributed by atoms with Gasteiger partial charge < -0.3 is 14.0 Å². The average molecular weight is 335 g/mol. The largest absolute Gasteiger partial charge is 0.468 e. The standard InChI is InChI=1S/C21H21NO3/c1-21(12-13-21)20-18(15-6-4-3-5-7-15)19(22-25-20)16-8-10-17(11-9-16)24-14-23-2/h3-11H,12-14H2,1-2H3. The molecule has 0 aliphatic heterocycles. The van der Waals surface area contributed by atoms with Crippen molar-refractivity contribution in [3.8, 4) is 28.1 Å². The predicted octanol–water partition coefficient (Wildman–Crippen LogP) is 5.04. The molecule has 0 unspecified atom stereocenters. The molecule has 4 rings (SSSR count). The Morgan fingerprint density at radius 1 is 1.00 bits per heavy atom. The molecule has 0 saturated heterocycles. The summed E-state index contributed by atoms with van der Waals surface area (Å²) in [4.78, 5) is 0. The molecule has 0 atom stereocenters. The molecule has 1 aromatic heterocycles. The highest BCUT2D eigenvalue weighted by Crippen LogP contribution is 2.52. The molecule has 1 saturated carbocycles. The van der Waals surface area contributed by atoms with Crippen molar-refractivity contribution in [1.82, 2.24) is 5.16 Å². The summed E-state index contributed by atoms with van der Waals surface area (Å²) in [6, 6.07) is 18.2. The summed E-state index contributed by atoms with van der Waals surface area (Å²) in [5.74, 6) is 1.76. The van der Waals surface area contributed by atoms with Crippen LogP contribution in [0.25, 0.3) is 22.4 Å². The lowest BCUT2D eigenvalue weighted by Crippen LogP contribution is -2.00. The van der Waals surface area contributed by atoms with Crippen molar-refractivity contribution in [2.75, 3.05) is 13.9 Å². The summed E-state index contributed by atoms with van der Waals surface area (Å²) in [6.45, 7) is 2.48. The Labute approximate surface area is 147 Å². The van der Waals surface area contributed by atoms with Crippen LogP contribution in [0.3, 0.4) is 0 Å². The van der Waals surface area contributed by atoms with Crippen LogP contribution in [-0.4, -0.2) is 19.1 Å². The van der Waals surface area contributed by atoms with Crippen molar-refractivity contribution in [1.29, 1.82) is 0 Å². The quantitative estimate of drug-likeness (QED) is 0.592. The summed E-state index contributed by atoms with van der Waals surface area (Å²) in [6.07, 6.45) is 2.29. The van der Waals surface area contributed by atoms with Crippen LogP contribution in [0.1, 0.15) is 25.5 Å². The monoisotopic (exact) mass is 335 g/mol. The molecule has 1 aliphatic rings. The van der Waals surface area contributed by atoms with E-state index in [1.165, 1.54) is 0 Å². The maximum atomic E-state index is 5.83. The Bertz CT molecular complexity index is 849. The van der Waals surface area contributed by atoms with Gasteiger partial charge in [0, 0.05) is 18.1 Å². The number of benzene rings is 2. The van der Waals surface area contributed by atoms with Gasteiger partial charge in [-0.15, -0.1) is 0 Å². The summed E-state index contributed by atoms with van der Waals surface area (Å²) in [5, 5.41) is 4.42. The molecule has 0 amide bonds. The van der Waals surface area contributed by atoms with E-state index in [-0.39, 0.29) is 12.2 Å². The average Bonchev–Trinajstić information content (AvgIpc) is 3.24. The van der Waals surface area contributed by atoms with E-state index in [9.17, 15) is 0 Å². The predicted molar refractivity (Wildman–Crippen MR) is 96.5 cm³/mol. The number of aromatic nitrogens is 1. The van der Waals surface area contributed by atoms with Gasteiger partial charge in [0.25, 0.3) is 0 Å². The maximum absolute atomic E-state index is 5.83. The first-order chi connectivity index (χ1) is 12.2. The van der Waals surface area contributed by atoms with E-state index < -0.39 is 0 Å². The molecule has 2 aromatic carbocycles. The van der Waals surface area contributed by atoms with Crippen molar-refractivity contribution >= 4 is 0 Å². The minimum Gasteiger partial charge on any atom is -0.468 e. The molecule has 1 aliphatic carbocycles. The van der Waals surface area contributed by atoms with Gasteiger partial charge in [-0.2, -0.15) is 0 Å². The molecule has 128 valence electrons. The highest BCUT2D eigenvalue weighted by atomic mass is 16.7. The van der Waals surface area contributed by atoms with Gasteiger partial charge in [-0.1, -0.05) is 42.4 Å². The third-order valence-electron chi connectivity index (χ3n) is 4.77. The minimum absolute atomic E-state index is 0.109. The number of nitrogens with zero attached hydrogens (tertiary/aromatic N) is 1. The molecule has 1 heterocycles. The van der Waals surface area contributed by atoms with Crippen LogP contribution >= 0.6 is 0 Å². The van der Waals surface area contributed by atoms with Gasteiger partial charge in [-0.3, -0.25) is 0 Å². The van der Waals surface area contributed by atoms with Crippen molar-refractivity contribution in [3.63, 3.8) is 0 Å². The molecule has 1 fully saturated rings. The van der Waals surface area contributed by atoms with Crippen LogP contribution in [0.5, 0.6) is 5.75 Å². The Kier molecular flexibility index (Phi) is 4.06. The molecule has 25 heavy (non-hydrogen) atoms. The second kappa shape index (κ2) is 6.37. The minimum atomic E-state index is 0.109. The number of rotatable bonds is 6. The highest BCUT2D eigenvalue weighted by Gasteiger charge is 2.45. The zero-order chi connectivity index (χ0) is 17.3. The van der Waals surface area contributed by atoms with Crippen molar-refractivity contribution in [2.24, 2.45) is 0 Å². The molecule has 0 spiro atoms. The van der Waals surface area contributed by atoms with Gasteiger partial charge in [0.15, 0.2) is 12.6 Å². The Balaban J connectivity index is 1.76. The SMILES string of the molecule is COCOc1ccc(-c2noc(C3(C)CC3)c2-c2ccccc2)cc1. The van der Waals surface area contributed by atoms with Crippen molar-refractivity contribution in [2.45, 2.75) is 25.2 Å². The summed E-state index contributed by atoms with van der Waals surface area (Å²) in [7, 11) is 1.61. The van der Waals surface area contributed by atoms with Crippen molar-refractivity contribution in [3.05, 3.63) is 60.4 Å². The van der Waals surface area contributed by atoms with Gasteiger partial charge in [-0.25, -0.2) is 0 Å². The number of ether oxygens (including phenoxy) is 2. The Morgan fingerprint density at radius 2 is 1.72 bits per heavy atom. The maximum Gasteiger partial charge on any atom is 0.188 e. The molecule has 3 aromatic rings. The van der Waals surface area contributed by atoms with Crippen LogP contribution in [-0.2, 0) is 10.2 Å². The summed E-state index contributed by atoms with van der Waals surface area (Å²) < 4.78 is 16.2. The summed E-state index contributed by atoms with van der Waals surface area (Å²) >= 11 is 0. The zero-order valence-corrected chi connectivity index (χ0v) is 14.5. The third-order valence-corrected chi connectivity index (χ3v) is 4.77. The van der Waals surface area contributed by atoms with E-state index >= 15 is 0 Å². The number of methoxy groups -OCH3 is 1. The highest BCUT2D eigenvalue weighted by molar-refractivity contribution is 5.83. The lowest BCUT2D eigenvalue weighted by Gasteiger charge is -2.09. The molecule has 4 heteroatoms. The molecular weight excluding hydrogens is 314 g/mol. The molecule has 0 N–H and O–H groups in total. The molecule has 0 radical (unpaired) electrons. The van der Waals surface area contributed by atoms with Crippen LogP contribution < -0.4 is 4.74 Å². The Hall–Kier alpha value is -2.59. The fraction of sp³-hybridized carbons (Fsp3) is 0.286. The topological polar surface area (TPSA) is 44.5 Å². The smallest absolute Gasteiger partial charge is 0.188 e. The van der Waals surface area contributed by atoms with Gasteiger partial charge in [-0.05, 0) is 42.7 Å². The van der Waals surface area contributed by atoms with Crippen LogP contribution in [0.2, 0.25) is 0 Å². The summed E-state index contributed by atoms with van der Waals surface area (Å²) in [5.41, 5.74) is 4.25. The molecule has 0 bridgehead atoms. The first kappa shape index (κ1) is 15.9. The van der Waals surface area contributed by atoms with E-state index in [2.05, 4.69) is 24.2 Å². The van der Waals surface area contributed by atoms with Crippen LogP contribution in [0.15, 0.2) is 59.1 Å². The van der Waals surface area contributed by atoms with E-state index in [4.69, 9.17) is 14.0 Å². The lowest BCUT2D eigenvalue weighted by atomic mass is 9.93. The van der Waals surface area contributed by atoms with Gasteiger partial charge in [0.05, 0.1) is 5.56 Å². The first-order valence-corrected chi connectivity index (χ1v) is 8.49. The van der Waals surface area contributed by atoms with E-state index in [1.54, 1.807) is 7.11 Å². The Morgan fingerprint density at radius 3 is 2.36 bits per heavy atom. The van der Waals surface area contributed by atoms with Crippen LogP contribution in [0.4, 0.5) is 0 Å². The van der Waals surface area contributed by atoms with Gasteiger partial charge >= 0.3 is 0 Å². The van der Waals surface area contributed by atoms with Gasteiger partial charge in [0.1, 0.15) is 11.4 Å². The lowest BCUT2D eigenvalue weighted by molar-refractivity contribution is 0.0511. The number of hydrogen-bond donors (Lipinski definition) is 0. The zero-order valence-electron chi connectivity index (χ0n) is 14.5. The van der Waals surface area contributed by atoms with E-state index in [1.807, 2.05) is 42.5 Å². The number of hydrogen-bond acceptors (Lipinski definition) is 4. The van der Waals surface area contributed by atoms with E-state index in [0.29, 0.717) is 0 Å². The van der Waals surface area contributed by atoms with Gasteiger partial charge in [0.2, 0.25) is 0 Å². The van der Waals surface area contributed by atoms with E-state index in [0.717, 1.165) is 46.7 Å². The third kappa shape index (κ3) is 3.05. The second-order valence-electron chi connectivity index (χ2n) is 6.74.